The van der Waals surface area contributed by atoms with Gasteiger partial charge >= 0.3 is 0 Å². The third-order valence-electron chi connectivity index (χ3n) is 5.67. The molecule has 0 bridgehead atoms. The number of carbonyl (C=O) groups excluding carboxylic acids is 1. The van der Waals surface area contributed by atoms with Crippen LogP contribution in [0.3, 0.4) is 0 Å². The number of fused-ring (bicyclic) bond motifs is 1. The Morgan fingerprint density at radius 1 is 1.09 bits per heavy atom. The number of hydrogen-bond donors (Lipinski definition) is 2. The van der Waals surface area contributed by atoms with Crippen LogP contribution >= 0.6 is 0 Å². The summed E-state index contributed by atoms with van der Waals surface area (Å²) in [5, 5.41) is 8.86. The Morgan fingerprint density at radius 3 is 2.69 bits per heavy atom. The number of nitrogens with one attached hydrogen (secondary N) is 2. The van der Waals surface area contributed by atoms with Crippen LogP contribution in [0, 0.1) is 0 Å². The summed E-state index contributed by atoms with van der Waals surface area (Å²) in [6.07, 6.45) is 8.07. The van der Waals surface area contributed by atoms with Crippen molar-refractivity contribution < 1.29 is 4.79 Å². The van der Waals surface area contributed by atoms with Gasteiger partial charge in [0, 0.05) is 66.3 Å². The lowest BCUT2D eigenvalue weighted by Crippen LogP contribution is -2.15. The predicted molar refractivity (Wildman–Crippen MR) is 126 cm³/mol. The Kier molecular flexibility index (Phi) is 5.07. The topological polar surface area (TPSA) is 80.5 Å². The molecule has 1 aromatic carbocycles. The van der Waals surface area contributed by atoms with E-state index < -0.39 is 0 Å². The molecule has 0 aliphatic carbocycles. The molecule has 5 aromatic rings. The molecule has 0 atom stereocenters. The smallest absolute Gasteiger partial charge is 0.230 e. The number of rotatable bonds is 6. The van der Waals surface area contributed by atoms with Crippen molar-refractivity contribution in [3.8, 4) is 22.4 Å². The van der Waals surface area contributed by atoms with Crippen LogP contribution in [0.2, 0.25) is 0 Å². The van der Waals surface area contributed by atoms with Crippen LogP contribution in [0.5, 0.6) is 0 Å². The maximum absolute atomic E-state index is 12.4. The summed E-state index contributed by atoms with van der Waals surface area (Å²) in [6.45, 7) is 2.85. The highest BCUT2D eigenvalue weighted by atomic mass is 16.1. The molecule has 4 heterocycles. The number of H-pyrrole nitrogens is 1. The van der Waals surface area contributed by atoms with E-state index in [1.807, 2.05) is 83.4 Å². The van der Waals surface area contributed by atoms with Crippen molar-refractivity contribution in [1.29, 1.82) is 0 Å². The minimum atomic E-state index is -0.0397. The molecule has 0 fully saturated rings. The molecule has 4 aromatic heterocycles. The van der Waals surface area contributed by atoms with Gasteiger partial charge in [-0.15, -0.1) is 0 Å². The molecule has 2 N–H and O–H groups in total. The second kappa shape index (κ2) is 8.19. The maximum Gasteiger partial charge on any atom is 0.230 e. The molecule has 32 heavy (non-hydrogen) atoms. The zero-order valence-electron chi connectivity index (χ0n) is 18.0. The molecule has 0 aliphatic heterocycles. The van der Waals surface area contributed by atoms with Gasteiger partial charge in [-0.3, -0.25) is 9.48 Å². The van der Waals surface area contributed by atoms with Crippen molar-refractivity contribution in [2.45, 2.75) is 19.9 Å². The van der Waals surface area contributed by atoms with Gasteiger partial charge in [0.1, 0.15) is 11.3 Å². The Bertz CT molecular complexity index is 1390. The zero-order chi connectivity index (χ0) is 22.1. The van der Waals surface area contributed by atoms with Crippen LogP contribution in [0.25, 0.3) is 33.4 Å². The van der Waals surface area contributed by atoms with Gasteiger partial charge in [-0.1, -0.05) is 12.1 Å². The number of benzene rings is 1. The number of aromatic nitrogens is 5. The van der Waals surface area contributed by atoms with E-state index in [1.54, 1.807) is 0 Å². The number of aryl methyl sites for hydroxylation is 2. The lowest BCUT2D eigenvalue weighted by Gasteiger charge is -2.08. The van der Waals surface area contributed by atoms with Gasteiger partial charge in [0.05, 0.1) is 6.42 Å². The second-order valence-corrected chi connectivity index (χ2v) is 7.76. The molecule has 5 rings (SSSR count). The fourth-order valence-corrected chi connectivity index (χ4v) is 3.95. The van der Waals surface area contributed by atoms with Crippen LogP contribution in [-0.4, -0.2) is 30.2 Å². The molecule has 0 aliphatic rings. The number of nitrogens with zero attached hydrogens (tertiary/aromatic N) is 4. The van der Waals surface area contributed by atoms with E-state index in [2.05, 4.69) is 28.4 Å². The summed E-state index contributed by atoms with van der Waals surface area (Å²) in [5.41, 5.74) is 6.64. The first-order valence-corrected chi connectivity index (χ1v) is 10.6. The van der Waals surface area contributed by atoms with Gasteiger partial charge in [0.25, 0.3) is 0 Å². The van der Waals surface area contributed by atoms with E-state index in [0.29, 0.717) is 6.42 Å². The average Bonchev–Trinajstić information content (AvgIpc) is 3.54. The van der Waals surface area contributed by atoms with E-state index in [4.69, 9.17) is 5.10 Å². The van der Waals surface area contributed by atoms with E-state index in [-0.39, 0.29) is 5.91 Å². The van der Waals surface area contributed by atoms with E-state index in [0.717, 1.165) is 51.3 Å². The molecule has 0 unspecified atom stereocenters. The SMILES string of the molecule is CCn1cc(-c2ccnc3[nH]ccc23)c(-c2ccc(NC(=O)Cc3cccn3C)cc2)n1. The van der Waals surface area contributed by atoms with Gasteiger partial charge in [0.2, 0.25) is 5.91 Å². The number of pyridine rings is 1. The lowest BCUT2D eigenvalue weighted by atomic mass is 10.0. The van der Waals surface area contributed by atoms with E-state index >= 15 is 0 Å². The molecular weight excluding hydrogens is 400 g/mol. The maximum atomic E-state index is 12.4. The quantitative estimate of drug-likeness (QED) is 0.417. The van der Waals surface area contributed by atoms with Crippen molar-refractivity contribution in [2.24, 2.45) is 7.05 Å². The zero-order valence-corrected chi connectivity index (χ0v) is 18.0. The van der Waals surface area contributed by atoms with Crippen LogP contribution in [0.4, 0.5) is 5.69 Å². The van der Waals surface area contributed by atoms with Crippen molar-refractivity contribution in [1.82, 2.24) is 24.3 Å². The van der Waals surface area contributed by atoms with Crippen molar-refractivity contribution in [3.63, 3.8) is 0 Å². The van der Waals surface area contributed by atoms with E-state index in [9.17, 15) is 4.79 Å². The third kappa shape index (κ3) is 3.69. The summed E-state index contributed by atoms with van der Waals surface area (Å²) in [4.78, 5) is 20.0. The first-order chi connectivity index (χ1) is 15.6. The number of aromatic amines is 1. The molecular formula is C25H24N6O. The molecule has 0 radical (unpaired) electrons. The van der Waals surface area contributed by atoms with Gasteiger partial charge in [-0.05, 0) is 48.9 Å². The van der Waals surface area contributed by atoms with E-state index in [1.165, 1.54) is 0 Å². The summed E-state index contributed by atoms with van der Waals surface area (Å²) in [7, 11) is 1.94. The third-order valence-corrected chi connectivity index (χ3v) is 5.67. The molecule has 7 heteroatoms. The Labute approximate surface area is 185 Å². The van der Waals surface area contributed by atoms with Crippen molar-refractivity contribution in [3.05, 3.63) is 79.0 Å². The van der Waals surface area contributed by atoms with Crippen LogP contribution < -0.4 is 5.32 Å². The molecule has 0 spiro atoms. The van der Waals surface area contributed by atoms with Gasteiger partial charge < -0.3 is 14.9 Å². The van der Waals surface area contributed by atoms with Crippen LogP contribution in [0.1, 0.15) is 12.6 Å². The monoisotopic (exact) mass is 424 g/mol. The second-order valence-electron chi connectivity index (χ2n) is 7.76. The van der Waals surface area contributed by atoms with Gasteiger partial charge in [-0.2, -0.15) is 5.10 Å². The number of hydrogen-bond acceptors (Lipinski definition) is 3. The fourth-order valence-electron chi connectivity index (χ4n) is 3.95. The highest BCUT2D eigenvalue weighted by Crippen LogP contribution is 2.35. The summed E-state index contributed by atoms with van der Waals surface area (Å²) >= 11 is 0. The largest absolute Gasteiger partial charge is 0.354 e. The minimum Gasteiger partial charge on any atom is -0.354 e. The molecule has 0 saturated carbocycles. The molecule has 7 nitrogen and oxygen atoms in total. The summed E-state index contributed by atoms with van der Waals surface area (Å²) in [6, 6.07) is 15.8. The van der Waals surface area contributed by atoms with Crippen LogP contribution in [-0.2, 0) is 24.8 Å². The molecule has 1 amide bonds. The van der Waals surface area contributed by atoms with Crippen molar-refractivity contribution >= 4 is 22.6 Å². The average molecular weight is 425 g/mol. The summed E-state index contributed by atoms with van der Waals surface area (Å²) in [5.74, 6) is -0.0397. The number of carbonyl (C=O) groups is 1. The number of amides is 1. The predicted octanol–water partition coefficient (Wildman–Crippen LogP) is 4.63. The normalized spacial score (nSPS) is 11.2. The molecule has 160 valence electrons. The Morgan fingerprint density at radius 2 is 1.94 bits per heavy atom. The van der Waals surface area contributed by atoms with Gasteiger partial charge in [0.15, 0.2) is 0 Å². The Balaban J connectivity index is 1.43. The molecule has 0 saturated heterocycles. The lowest BCUT2D eigenvalue weighted by molar-refractivity contribution is -0.115. The standard InChI is InChI=1S/C25H24N6O/c1-3-31-16-22(20-10-12-26-25-21(20)11-13-27-25)24(29-31)17-6-8-18(9-7-17)28-23(32)15-19-5-4-14-30(19)2/h4-14,16H,3,15H2,1-2H3,(H,26,27)(H,28,32). The van der Waals surface area contributed by atoms with Crippen LogP contribution in [0.15, 0.2) is 73.3 Å². The summed E-state index contributed by atoms with van der Waals surface area (Å²) < 4.78 is 3.90. The fraction of sp³-hybridized carbons (Fsp3) is 0.160. The highest BCUT2D eigenvalue weighted by molar-refractivity contribution is 5.97. The first kappa shape index (κ1) is 19.8. The Hall–Kier alpha value is -4.13. The number of anilines is 1. The van der Waals surface area contributed by atoms with Gasteiger partial charge in [-0.25, -0.2) is 4.98 Å². The first-order valence-electron chi connectivity index (χ1n) is 10.6. The van der Waals surface area contributed by atoms with Crippen molar-refractivity contribution in [2.75, 3.05) is 5.32 Å². The minimum absolute atomic E-state index is 0.0397. The highest BCUT2D eigenvalue weighted by Gasteiger charge is 2.16.